The monoisotopic (exact) mass is 401 g/mol. The van der Waals surface area contributed by atoms with Crippen molar-refractivity contribution in [3.8, 4) is 5.75 Å². The number of nitrogens with one attached hydrogen (secondary N) is 1. The first-order valence-electron chi connectivity index (χ1n) is 8.63. The molecular formula is C20H19NO8. The second-order valence-corrected chi connectivity index (χ2v) is 6.74. The van der Waals surface area contributed by atoms with Crippen molar-refractivity contribution < 1.29 is 38.1 Å². The summed E-state index contributed by atoms with van der Waals surface area (Å²) in [5, 5.41) is 11.8. The van der Waals surface area contributed by atoms with E-state index in [0.29, 0.717) is 17.2 Å². The standard InChI is InChI=1S/C20H19NO8/c1-11-4-6-15(26-10-12-5-7-16(27-12)17(22)23)14(8-11)21-9-13-18(24)28-20(2,3)29-19(13)25/h4-9,21H,10H2,1-3H3,(H,22,23). The van der Waals surface area contributed by atoms with Crippen LogP contribution in [0.4, 0.5) is 5.69 Å². The fraction of sp³-hybridized carbons (Fsp3) is 0.250. The van der Waals surface area contributed by atoms with E-state index in [2.05, 4.69) is 5.32 Å². The number of ether oxygens (including phenoxy) is 3. The molecule has 0 aliphatic carbocycles. The Morgan fingerprint density at radius 2 is 1.86 bits per heavy atom. The zero-order chi connectivity index (χ0) is 21.2. The van der Waals surface area contributed by atoms with E-state index < -0.39 is 23.7 Å². The van der Waals surface area contributed by atoms with Gasteiger partial charge in [-0.05, 0) is 36.8 Å². The Labute approximate surface area is 165 Å². The van der Waals surface area contributed by atoms with Crippen LogP contribution >= 0.6 is 0 Å². The topological polar surface area (TPSA) is 124 Å². The van der Waals surface area contributed by atoms with Crippen LogP contribution in [0.2, 0.25) is 0 Å². The molecule has 9 heteroatoms. The molecule has 9 nitrogen and oxygen atoms in total. The molecule has 1 aliphatic rings. The summed E-state index contributed by atoms with van der Waals surface area (Å²) in [6.07, 6.45) is 1.19. The Bertz CT molecular complexity index is 980. The fourth-order valence-electron chi connectivity index (χ4n) is 2.53. The lowest BCUT2D eigenvalue weighted by molar-refractivity contribution is -0.222. The first kappa shape index (κ1) is 20.0. The Kier molecular flexibility index (Phi) is 5.31. The molecule has 2 aromatic rings. The van der Waals surface area contributed by atoms with Gasteiger partial charge in [-0.15, -0.1) is 0 Å². The molecule has 0 spiro atoms. The molecule has 2 N–H and O–H groups in total. The molecule has 2 heterocycles. The number of aromatic carboxylic acids is 1. The lowest BCUT2D eigenvalue weighted by Crippen LogP contribution is -2.42. The van der Waals surface area contributed by atoms with E-state index in [-0.39, 0.29) is 17.9 Å². The van der Waals surface area contributed by atoms with E-state index in [1.165, 1.54) is 32.2 Å². The quantitative estimate of drug-likeness (QED) is 0.427. The summed E-state index contributed by atoms with van der Waals surface area (Å²) in [5.41, 5.74) is 1.10. The van der Waals surface area contributed by atoms with Crippen LogP contribution in [0.25, 0.3) is 0 Å². The third kappa shape index (κ3) is 4.75. The third-order valence-electron chi connectivity index (χ3n) is 3.87. The molecule has 29 heavy (non-hydrogen) atoms. The van der Waals surface area contributed by atoms with Crippen LogP contribution in [-0.2, 0) is 25.7 Å². The number of anilines is 1. The molecule has 1 saturated heterocycles. The summed E-state index contributed by atoms with van der Waals surface area (Å²) >= 11 is 0. The van der Waals surface area contributed by atoms with Gasteiger partial charge in [0, 0.05) is 20.0 Å². The minimum Gasteiger partial charge on any atom is -0.483 e. The molecule has 152 valence electrons. The van der Waals surface area contributed by atoms with Crippen molar-refractivity contribution in [3.63, 3.8) is 0 Å². The van der Waals surface area contributed by atoms with Gasteiger partial charge in [-0.25, -0.2) is 14.4 Å². The van der Waals surface area contributed by atoms with Crippen molar-refractivity contribution in [2.24, 2.45) is 0 Å². The Morgan fingerprint density at radius 1 is 1.17 bits per heavy atom. The number of furan rings is 1. The molecule has 1 aliphatic heterocycles. The number of rotatable bonds is 6. The Hall–Kier alpha value is -3.75. The molecule has 0 radical (unpaired) electrons. The highest BCUT2D eigenvalue weighted by Gasteiger charge is 2.39. The minimum atomic E-state index is -1.32. The van der Waals surface area contributed by atoms with Gasteiger partial charge in [0.05, 0.1) is 5.69 Å². The van der Waals surface area contributed by atoms with Gasteiger partial charge < -0.3 is 29.1 Å². The van der Waals surface area contributed by atoms with Gasteiger partial charge in [-0.1, -0.05) is 6.07 Å². The van der Waals surface area contributed by atoms with E-state index in [0.717, 1.165) is 5.56 Å². The summed E-state index contributed by atoms with van der Waals surface area (Å²) < 4.78 is 20.9. The second-order valence-electron chi connectivity index (χ2n) is 6.74. The highest BCUT2D eigenvalue weighted by molar-refractivity contribution is 6.15. The highest BCUT2D eigenvalue weighted by Crippen LogP contribution is 2.28. The van der Waals surface area contributed by atoms with Crippen molar-refractivity contribution in [2.75, 3.05) is 5.32 Å². The van der Waals surface area contributed by atoms with Crippen molar-refractivity contribution >= 4 is 23.6 Å². The number of carbonyl (C=O) groups is 3. The zero-order valence-corrected chi connectivity index (χ0v) is 16.0. The average Bonchev–Trinajstić information content (AvgIpc) is 3.08. The van der Waals surface area contributed by atoms with Crippen LogP contribution in [0.3, 0.4) is 0 Å². The van der Waals surface area contributed by atoms with Crippen LogP contribution in [0.1, 0.15) is 35.7 Å². The number of benzene rings is 1. The number of carboxylic acids is 1. The number of hydrogen-bond donors (Lipinski definition) is 2. The lowest BCUT2D eigenvalue weighted by atomic mass is 10.2. The SMILES string of the molecule is Cc1ccc(OCc2ccc(C(=O)O)o2)c(NC=C2C(=O)OC(C)(C)OC2=O)c1. The van der Waals surface area contributed by atoms with Gasteiger partial charge in [0.15, 0.2) is 5.57 Å². The van der Waals surface area contributed by atoms with Crippen molar-refractivity contribution in [1.29, 1.82) is 0 Å². The van der Waals surface area contributed by atoms with Crippen molar-refractivity contribution in [3.05, 3.63) is 59.2 Å². The summed E-state index contributed by atoms with van der Waals surface area (Å²) in [6, 6.07) is 8.09. The first-order chi connectivity index (χ1) is 13.6. The maximum absolute atomic E-state index is 12.0. The molecule has 0 amide bonds. The number of esters is 2. The van der Waals surface area contributed by atoms with Crippen LogP contribution < -0.4 is 10.1 Å². The van der Waals surface area contributed by atoms with E-state index in [4.69, 9.17) is 23.7 Å². The third-order valence-corrected chi connectivity index (χ3v) is 3.87. The van der Waals surface area contributed by atoms with E-state index in [1.807, 2.05) is 13.0 Å². The minimum absolute atomic E-state index is 0.0140. The van der Waals surface area contributed by atoms with Gasteiger partial charge in [0.1, 0.15) is 18.1 Å². The average molecular weight is 401 g/mol. The van der Waals surface area contributed by atoms with Crippen LogP contribution in [0, 0.1) is 6.92 Å². The molecular weight excluding hydrogens is 382 g/mol. The van der Waals surface area contributed by atoms with Gasteiger partial charge >= 0.3 is 17.9 Å². The van der Waals surface area contributed by atoms with Crippen molar-refractivity contribution in [2.45, 2.75) is 33.2 Å². The van der Waals surface area contributed by atoms with Crippen molar-refractivity contribution in [1.82, 2.24) is 0 Å². The zero-order valence-electron chi connectivity index (χ0n) is 16.0. The number of carbonyl (C=O) groups excluding carboxylic acids is 2. The molecule has 0 unspecified atom stereocenters. The number of hydrogen-bond acceptors (Lipinski definition) is 8. The normalized spacial score (nSPS) is 15.3. The summed E-state index contributed by atoms with van der Waals surface area (Å²) in [7, 11) is 0. The Morgan fingerprint density at radius 3 is 2.48 bits per heavy atom. The van der Waals surface area contributed by atoms with E-state index >= 15 is 0 Å². The number of cyclic esters (lactones) is 2. The molecule has 0 bridgehead atoms. The van der Waals surface area contributed by atoms with Gasteiger partial charge in [0.2, 0.25) is 5.76 Å². The van der Waals surface area contributed by atoms with Gasteiger partial charge in [0.25, 0.3) is 5.79 Å². The maximum atomic E-state index is 12.0. The highest BCUT2D eigenvalue weighted by atomic mass is 16.7. The smallest absolute Gasteiger partial charge is 0.371 e. The number of carboxylic acid groups (broad SMARTS) is 1. The summed E-state index contributed by atoms with van der Waals surface area (Å²) in [6.45, 7) is 4.77. The predicted octanol–water partition coefficient (Wildman–Crippen LogP) is 3.00. The number of aryl methyl sites for hydroxylation is 1. The fourth-order valence-corrected chi connectivity index (χ4v) is 2.53. The van der Waals surface area contributed by atoms with E-state index in [9.17, 15) is 14.4 Å². The summed E-state index contributed by atoms with van der Waals surface area (Å²) in [4.78, 5) is 35.0. The molecule has 1 fully saturated rings. The van der Waals surface area contributed by atoms with Gasteiger partial charge in [-0.2, -0.15) is 0 Å². The largest absolute Gasteiger partial charge is 0.483 e. The molecule has 0 atom stereocenters. The summed E-state index contributed by atoms with van der Waals surface area (Å²) in [5.74, 6) is -3.55. The first-order valence-corrected chi connectivity index (χ1v) is 8.63. The molecule has 1 aromatic carbocycles. The molecule has 1 aromatic heterocycles. The second kappa shape index (κ2) is 7.70. The molecule has 3 rings (SSSR count). The molecule has 0 saturated carbocycles. The van der Waals surface area contributed by atoms with E-state index in [1.54, 1.807) is 12.1 Å². The van der Waals surface area contributed by atoms with Gasteiger partial charge in [-0.3, -0.25) is 0 Å². The Balaban J connectivity index is 1.75. The van der Waals surface area contributed by atoms with Crippen LogP contribution in [0.15, 0.2) is 46.5 Å². The van der Waals surface area contributed by atoms with Crippen LogP contribution in [0.5, 0.6) is 5.75 Å². The predicted molar refractivity (Wildman–Crippen MR) is 99.1 cm³/mol. The maximum Gasteiger partial charge on any atom is 0.371 e. The van der Waals surface area contributed by atoms with Crippen LogP contribution in [-0.4, -0.2) is 28.8 Å². The lowest BCUT2D eigenvalue weighted by Gasteiger charge is -2.29.